The van der Waals surface area contributed by atoms with Crippen molar-refractivity contribution in [1.29, 1.82) is 0 Å². The minimum absolute atomic E-state index is 0.0708. The molecule has 0 atom stereocenters. The Kier molecular flexibility index (Phi) is 3.06. The van der Waals surface area contributed by atoms with Gasteiger partial charge in [-0.2, -0.15) is 0 Å². The van der Waals surface area contributed by atoms with Gasteiger partial charge in [0.15, 0.2) is 0 Å². The SMILES string of the molecule is O=C(Nc1ccc(Cl)nc1)c1cc2c(s1)CCC2. The Hall–Kier alpha value is -1.39. The lowest BCUT2D eigenvalue weighted by atomic mass is 10.2. The maximum Gasteiger partial charge on any atom is 0.265 e. The summed E-state index contributed by atoms with van der Waals surface area (Å²) in [4.78, 5) is 18.1. The van der Waals surface area contributed by atoms with Crippen LogP contribution in [-0.4, -0.2) is 10.9 Å². The molecule has 0 bridgehead atoms. The van der Waals surface area contributed by atoms with Gasteiger partial charge in [0.25, 0.3) is 5.91 Å². The molecule has 1 N–H and O–H groups in total. The van der Waals surface area contributed by atoms with Gasteiger partial charge in [0, 0.05) is 4.88 Å². The molecule has 1 aliphatic carbocycles. The average molecular weight is 279 g/mol. The predicted octanol–water partition coefficient (Wildman–Crippen LogP) is 3.54. The second-order valence-corrected chi connectivity index (χ2v) is 5.76. The van der Waals surface area contributed by atoms with Gasteiger partial charge < -0.3 is 5.32 Å². The van der Waals surface area contributed by atoms with Crippen molar-refractivity contribution in [3.63, 3.8) is 0 Å². The summed E-state index contributed by atoms with van der Waals surface area (Å²) >= 11 is 7.29. The molecule has 2 aromatic rings. The third kappa shape index (κ3) is 2.26. The van der Waals surface area contributed by atoms with Crippen LogP contribution in [0.15, 0.2) is 24.4 Å². The van der Waals surface area contributed by atoms with Crippen molar-refractivity contribution in [3.05, 3.63) is 44.9 Å². The second kappa shape index (κ2) is 4.71. The number of anilines is 1. The summed E-state index contributed by atoms with van der Waals surface area (Å²) in [5.74, 6) is -0.0708. The Morgan fingerprint density at radius 1 is 1.39 bits per heavy atom. The summed E-state index contributed by atoms with van der Waals surface area (Å²) in [6.07, 6.45) is 4.98. The molecule has 92 valence electrons. The highest BCUT2D eigenvalue weighted by atomic mass is 35.5. The number of fused-ring (bicyclic) bond motifs is 1. The number of halogens is 1. The highest BCUT2D eigenvalue weighted by Gasteiger charge is 2.18. The van der Waals surface area contributed by atoms with E-state index in [1.54, 1.807) is 29.7 Å². The van der Waals surface area contributed by atoms with Gasteiger partial charge in [0.05, 0.1) is 16.8 Å². The highest BCUT2D eigenvalue weighted by Crippen LogP contribution is 2.30. The molecule has 0 saturated heterocycles. The van der Waals surface area contributed by atoms with E-state index in [1.165, 1.54) is 16.9 Å². The summed E-state index contributed by atoms with van der Waals surface area (Å²) in [6.45, 7) is 0. The molecule has 0 saturated carbocycles. The predicted molar refractivity (Wildman–Crippen MR) is 73.5 cm³/mol. The van der Waals surface area contributed by atoms with Crippen molar-refractivity contribution in [2.45, 2.75) is 19.3 Å². The van der Waals surface area contributed by atoms with Crippen molar-refractivity contribution < 1.29 is 4.79 Å². The molecule has 1 amide bonds. The first-order valence-corrected chi connectivity index (χ1v) is 6.96. The zero-order valence-corrected chi connectivity index (χ0v) is 11.1. The zero-order valence-electron chi connectivity index (χ0n) is 9.57. The van der Waals surface area contributed by atoms with Crippen LogP contribution in [0, 0.1) is 0 Å². The minimum atomic E-state index is -0.0708. The second-order valence-electron chi connectivity index (χ2n) is 4.24. The number of rotatable bonds is 2. The van der Waals surface area contributed by atoms with E-state index in [9.17, 15) is 4.79 Å². The number of nitrogens with one attached hydrogen (secondary N) is 1. The van der Waals surface area contributed by atoms with Gasteiger partial charge in [-0.25, -0.2) is 4.98 Å². The van der Waals surface area contributed by atoms with Crippen molar-refractivity contribution >= 4 is 34.5 Å². The molecule has 0 aromatic carbocycles. The van der Waals surface area contributed by atoms with E-state index in [2.05, 4.69) is 10.3 Å². The molecule has 5 heteroatoms. The number of nitrogens with zero attached hydrogens (tertiary/aromatic N) is 1. The molecule has 0 unspecified atom stereocenters. The maximum absolute atomic E-state index is 12.0. The van der Waals surface area contributed by atoms with E-state index in [0.717, 1.165) is 17.7 Å². The first-order valence-electron chi connectivity index (χ1n) is 5.77. The van der Waals surface area contributed by atoms with Crippen LogP contribution in [0.25, 0.3) is 0 Å². The lowest BCUT2D eigenvalue weighted by Gasteiger charge is -2.02. The number of carbonyl (C=O) groups is 1. The highest BCUT2D eigenvalue weighted by molar-refractivity contribution is 7.14. The number of thiophene rings is 1. The lowest BCUT2D eigenvalue weighted by Crippen LogP contribution is -2.10. The number of aryl methyl sites for hydroxylation is 2. The van der Waals surface area contributed by atoms with Gasteiger partial charge in [-0.15, -0.1) is 11.3 Å². The summed E-state index contributed by atoms with van der Waals surface area (Å²) in [5.41, 5.74) is 2.00. The molecule has 0 aliphatic heterocycles. The zero-order chi connectivity index (χ0) is 12.5. The van der Waals surface area contributed by atoms with E-state index in [-0.39, 0.29) is 5.91 Å². The molecule has 18 heavy (non-hydrogen) atoms. The molecule has 2 aromatic heterocycles. The van der Waals surface area contributed by atoms with Gasteiger partial charge >= 0.3 is 0 Å². The normalized spacial score (nSPS) is 13.4. The van der Waals surface area contributed by atoms with Crippen LogP contribution < -0.4 is 5.32 Å². The fourth-order valence-electron chi connectivity index (χ4n) is 2.08. The Morgan fingerprint density at radius 3 is 3.00 bits per heavy atom. The first-order chi connectivity index (χ1) is 8.72. The third-order valence-electron chi connectivity index (χ3n) is 2.96. The van der Waals surface area contributed by atoms with Gasteiger partial charge in [-0.3, -0.25) is 4.79 Å². The van der Waals surface area contributed by atoms with Crippen molar-refractivity contribution in [3.8, 4) is 0 Å². The van der Waals surface area contributed by atoms with Crippen molar-refractivity contribution in [1.82, 2.24) is 4.98 Å². The number of hydrogen-bond acceptors (Lipinski definition) is 3. The Balaban J connectivity index is 1.76. The lowest BCUT2D eigenvalue weighted by molar-refractivity contribution is 0.103. The van der Waals surface area contributed by atoms with Crippen LogP contribution in [0.4, 0.5) is 5.69 Å². The molecular weight excluding hydrogens is 268 g/mol. The van der Waals surface area contributed by atoms with Crippen molar-refractivity contribution in [2.75, 3.05) is 5.32 Å². The summed E-state index contributed by atoms with van der Waals surface area (Å²) in [7, 11) is 0. The van der Waals surface area contributed by atoms with E-state index in [1.807, 2.05) is 6.07 Å². The van der Waals surface area contributed by atoms with E-state index < -0.39 is 0 Å². The van der Waals surface area contributed by atoms with Crippen LogP contribution in [-0.2, 0) is 12.8 Å². The van der Waals surface area contributed by atoms with E-state index in [4.69, 9.17) is 11.6 Å². The van der Waals surface area contributed by atoms with Gasteiger partial charge in [0.1, 0.15) is 5.15 Å². The number of pyridine rings is 1. The van der Waals surface area contributed by atoms with Crippen LogP contribution in [0.2, 0.25) is 5.15 Å². The third-order valence-corrected chi connectivity index (χ3v) is 4.42. The van der Waals surface area contributed by atoms with Crippen molar-refractivity contribution in [2.24, 2.45) is 0 Å². The van der Waals surface area contributed by atoms with E-state index >= 15 is 0 Å². The van der Waals surface area contributed by atoms with E-state index in [0.29, 0.717) is 10.8 Å². The molecule has 0 spiro atoms. The summed E-state index contributed by atoms with van der Waals surface area (Å²) < 4.78 is 0. The fraction of sp³-hybridized carbons (Fsp3) is 0.231. The maximum atomic E-state index is 12.0. The number of aromatic nitrogens is 1. The summed E-state index contributed by atoms with van der Waals surface area (Å²) in [5, 5.41) is 3.24. The number of amides is 1. The van der Waals surface area contributed by atoms with Gasteiger partial charge in [0.2, 0.25) is 0 Å². The Labute approximate surface area is 114 Å². The monoisotopic (exact) mass is 278 g/mol. The average Bonchev–Trinajstić information content (AvgIpc) is 2.92. The van der Waals surface area contributed by atoms with Gasteiger partial charge in [-0.05, 0) is 43.0 Å². The van der Waals surface area contributed by atoms with Crippen LogP contribution >= 0.6 is 22.9 Å². The largest absolute Gasteiger partial charge is 0.320 e. The molecule has 0 radical (unpaired) electrons. The Bertz CT molecular complexity index is 570. The molecule has 2 heterocycles. The molecule has 0 fully saturated rings. The number of hydrogen-bond donors (Lipinski definition) is 1. The van der Waals surface area contributed by atoms with Crippen LogP contribution in [0.3, 0.4) is 0 Å². The molecular formula is C13H11ClN2OS. The minimum Gasteiger partial charge on any atom is -0.320 e. The summed E-state index contributed by atoms with van der Waals surface area (Å²) in [6, 6.07) is 5.41. The smallest absolute Gasteiger partial charge is 0.265 e. The number of carbonyl (C=O) groups excluding carboxylic acids is 1. The van der Waals surface area contributed by atoms with Crippen LogP contribution in [0.5, 0.6) is 0 Å². The molecule has 3 nitrogen and oxygen atoms in total. The topological polar surface area (TPSA) is 42.0 Å². The Morgan fingerprint density at radius 2 is 2.28 bits per heavy atom. The fourth-order valence-corrected chi connectivity index (χ4v) is 3.34. The van der Waals surface area contributed by atoms with Crippen LogP contribution in [0.1, 0.15) is 26.5 Å². The first kappa shape index (κ1) is 11.7. The quantitative estimate of drug-likeness (QED) is 0.854. The van der Waals surface area contributed by atoms with Gasteiger partial charge in [-0.1, -0.05) is 11.6 Å². The standard InChI is InChI=1S/C13H11ClN2OS/c14-12-5-4-9(7-15-12)16-13(17)11-6-8-2-1-3-10(8)18-11/h4-7H,1-3H2,(H,16,17). The molecule has 3 rings (SSSR count). The molecule has 1 aliphatic rings.